The van der Waals surface area contributed by atoms with Gasteiger partial charge in [0, 0.05) is 0 Å². The summed E-state index contributed by atoms with van der Waals surface area (Å²) >= 11 is -0.907. The Labute approximate surface area is 94.3 Å². The quantitative estimate of drug-likeness (QED) is 0.455. The molecule has 0 amide bonds. The van der Waals surface area contributed by atoms with Gasteiger partial charge in [-0.2, -0.15) is 0 Å². The van der Waals surface area contributed by atoms with Crippen LogP contribution in [0.4, 0.5) is 0 Å². The Morgan fingerprint density at radius 3 is 1.86 bits per heavy atom. The van der Waals surface area contributed by atoms with Crippen LogP contribution in [0.2, 0.25) is 10.6 Å². The SMILES string of the molecule is CC[CH2][Al]([CH2]CC)[O]C(CC)N(C)C. The van der Waals surface area contributed by atoms with Gasteiger partial charge >= 0.3 is 14.5 Å². The molecule has 0 fully saturated rings. The van der Waals surface area contributed by atoms with Gasteiger partial charge in [0.1, 0.15) is 0 Å². The molecule has 84 valence electrons. The first-order chi connectivity index (χ1) is 6.65. The normalized spacial score (nSPS) is 13.3. The second-order valence-corrected chi connectivity index (χ2v) is 6.83. The lowest BCUT2D eigenvalue weighted by Gasteiger charge is -2.27. The van der Waals surface area contributed by atoms with Gasteiger partial charge in [0.05, 0.1) is 6.23 Å². The van der Waals surface area contributed by atoms with Crippen LogP contribution >= 0.6 is 0 Å². The largest absolute Gasteiger partial charge is 0.487 e. The van der Waals surface area contributed by atoms with Crippen LogP contribution in [-0.4, -0.2) is 39.7 Å². The molecule has 0 aromatic heterocycles. The lowest BCUT2D eigenvalue weighted by molar-refractivity contribution is 0.0579. The van der Waals surface area contributed by atoms with E-state index in [0.29, 0.717) is 6.23 Å². The summed E-state index contributed by atoms with van der Waals surface area (Å²) in [5.74, 6) is 0. The summed E-state index contributed by atoms with van der Waals surface area (Å²) in [5.41, 5.74) is 0. The summed E-state index contributed by atoms with van der Waals surface area (Å²) in [5, 5.41) is 2.66. The van der Waals surface area contributed by atoms with E-state index in [0.717, 1.165) is 6.42 Å². The zero-order chi connectivity index (χ0) is 11.0. The molecule has 1 atom stereocenters. The van der Waals surface area contributed by atoms with Crippen molar-refractivity contribution in [2.45, 2.75) is 56.8 Å². The molecule has 0 spiro atoms. The molecule has 1 unspecified atom stereocenters. The third-order valence-corrected chi connectivity index (χ3v) is 5.64. The van der Waals surface area contributed by atoms with Crippen molar-refractivity contribution in [2.24, 2.45) is 0 Å². The topological polar surface area (TPSA) is 12.5 Å². The molecular formula is C11H26AlNO. The van der Waals surface area contributed by atoms with Gasteiger partial charge in [-0.15, -0.1) is 0 Å². The molecule has 2 nitrogen and oxygen atoms in total. The van der Waals surface area contributed by atoms with Crippen molar-refractivity contribution in [2.75, 3.05) is 14.1 Å². The summed E-state index contributed by atoms with van der Waals surface area (Å²) in [6.45, 7) is 6.72. The van der Waals surface area contributed by atoms with Crippen molar-refractivity contribution in [3.63, 3.8) is 0 Å². The molecule has 0 aromatic rings. The average molecular weight is 215 g/mol. The Kier molecular flexibility index (Phi) is 9.02. The van der Waals surface area contributed by atoms with E-state index in [9.17, 15) is 0 Å². The highest BCUT2D eigenvalue weighted by molar-refractivity contribution is 6.51. The zero-order valence-corrected chi connectivity index (χ0v) is 11.7. The van der Waals surface area contributed by atoms with E-state index >= 15 is 0 Å². The maximum Gasteiger partial charge on any atom is 0.461 e. The summed E-state index contributed by atoms with van der Waals surface area (Å²) < 4.78 is 6.21. The van der Waals surface area contributed by atoms with Gasteiger partial charge < -0.3 is 3.79 Å². The molecular weight excluding hydrogens is 189 g/mol. The molecule has 0 aliphatic carbocycles. The molecule has 0 aromatic carbocycles. The van der Waals surface area contributed by atoms with Gasteiger partial charge in [0.15, 0.2) is 0 Å². The van der Waals surface area contributed by atoms with Crippen molar-refractivity contribution in [1.29, 1.82) is 0 Å². The highest BCUT2D eigenvalue weighted by Crippen LogP contribution is 2.12. The van der Waals surface area contributed by atoms with Gasteiger partial charge in [-0.05, 0) is 20.5 Å². The number of hydrogen-bond donors (Lipinski definition) is 0. The van der Waals surface area contributed by atoms with Crippen LogP contribution in [0.5, 0.6) is 0 Å². The lowest BCUT2D eigenvalue weighted by Crippen LogP contribution is -2.35. The minimum absolute atomic E-state index is 0.352. The number of hydrogen-bond acceptors (Lipinski definition) is 2. The van der Waals surface area contributed by atoms with E-state index < -0.39 is 14.5 Å². The lowest BCUT2D eigenvalue weighted by atomic mass is 10.4. The fourth-order valence-corrected chi connectivity index (χ4v) is 4.46. The second kappa shape index (κ2) is 8.74. The standard InChI is InChI=1S/C5H12NO.2C3H7.Al/c1-4-5(7)6(2)3;2*1-3-2;/h5H,4H2,1-3H3;2*1,3H2,2H3;/q-1;;;+1. The van der Waals surface area contributed by atoms with Gasteiger partial charge in [-0.25, -0.2) is 0 Å². The third kappa shape index (κ3) is 6.03. The van der Waals surface area contributed by atoms with Crippen LogP contribution in [0.3, 0.4) is 0 Å². The van der Waals surface area contributed by atoms with Crippen LogP contribution in [0.15, 0.2) is 0 Å². The molecule has 0 saturated heterocycles. The number of rotatable bonds is 8. The first-order valence-electron chi connectivity index (χ1n) is 5.97. The minimum Gasteiger partial charge on any atom is -0.487 e. The Morgan fingerprint density at radius 1 is 1.07 bits per heavy atom. The molecule has 0 heterocycles. The molecule has 3 heteroatoms. The van der Waals surface area contributed by atoms with Gasteiger partial charge in [0.2, 0.25) is 0 Å². The predicted molar refractivity (Wildman–Crippen MR) is 64.8 cm³/mol. The molecule has 0 N–H and O–H groups in total. The minimum atomic E-state index is -0.907. The second-order valence-electron chi connectivity index (χ2n) is 4.16. The fourth-order valence-electron chi connectivity index (χ4n) is 1.73. The Balaban J connectivity index is 3.96. The molecule has 0 radical (unpaired) electrons. The summed E-state index contributed by atoms with van der Waals surface area (Å²) in [6.07, 6.45) is 4.01. The molecule has 0 saturated carbocycles. The molecule has 0 bridgehead atoms. The average Bonchev–Trinajstić information content (AvgIpc) is 2.14. The van der Waals surface area contributed by atoms with Crippen molar-refractivity contribution in [1.82, 2.24) is 4.90 Å². The highest BCUT2D eigenvalue weighted by atomic mass is 27.2. The molecule has 14 heavy (non-hydrogen) atoms. The van der Waals surface area contributed by atoms with E-state index in [2.05, 4.69) is 39.8 Å². The van der Waals surface area contributed by atoms with E-state index in [1.54, 1.807) is 0 Å². The van der Waals surface area contributed by atoms with Gasteiger partial charge in [-0.1, -0.05) is 44.2 Å². The highest BCUT2D eigenvalue weighted by Gasteiger charge is 2.22. The van der Waals surface area contributed by atoms with Crippen molar-refractivity contribution >= 4 is 14.5 Å². The van der Waals surface area contributed by atoms with Crippen molar-refractivity contribution in [3.8, 4) is 0 Å². The first-order valence-corrected chi connectivity index (χ1v) is 8.07. The van der Waals surface area contributed by atoms with Crippen molar-refractivity contribution < 1.29 is 3.79 Å². The van der Waals surface area contributed by atoms with Crippen LogP contribution in [0.1, 0.15) is 40.0 Å². The van der Waals surface area contributed by atoms with Crippen LogP contribution in [-0.2, 0) is 3.79 Å². The fraction of sp³-hybridized carbons (Fsp3) is 1.00. The van der Waals surface area contributed by atoms with E-state index in [1.165, 1.54) is 23.4 Å². The predicted octanol–water partition coefficient (Wildman–Crippen LogP) is 3.11. The summed E-state index contributed by atoms with van der Waals surface area (Å²) in [4.78, 5) is 2.20. The van der Waals surface area contributed by atoms with Crippen molar-refractivity contribution in [3.05, 3.63) is 0 Å². The smallest absolute Gasteiger partial charge is 0.461 e. The third-order valence-electron chi connectivity index (χ3n) is 2.50. The van der Waals surface area contributed by atoms with Gasteiger partial charge in [0.25, 0.3) is 0 Å². The van der Waals surface area contributed by atoms with E-state index in [1.807, 2.05) is 0 Å². The molecule has 0 rings (SSSR count). The maximum absolute atomic E-state index is 6.21. The summed E-state index contributed by atoms with van der Waals surface area (Å²) in [6, 6.07) is 0. The Morgan fingerprint density at radius 2 is 1.57 bits per heavy atom. The Bertz CT molecular complexity index is 124. The zero-order valence-electron chi connectivity index (χ0n) is 10.5. The number of nitrogens with zero attached hydrogens (tertiary/aromatic N) is 1. The molecule has 0 aliphatic rings. The Hall–Kier alpha value is 0.452. The van der Waals surface area contributed by atoms with Crippen LogP contribution < -0.4 is 0 Å². The van der Waals surface area contributed by atoms with Crippen LogP contribution in [0, 0.1) is 0 Å². The van der Waals surface area contributed by atoms with Gasteiger partial charge in [-0.3, -0.25) is 4.90 Å². The van der Waals surface area contributed by atoms with Crippen LogP contribution in [0.25, 0.3) is 0 Å². The monoisotopic (exact) mass is 215 g/mol. The van der Waals surface area contributed by atoms with E-state index in [4.69, 9.17) is 3.79 Å². The maximum atomic E-state index is 6.21. The summed E-state index contributed by atoms with van der Waals surface area (Å²) in [7, 11) is 4.22. The van der Waals surface area contributed by atoms with E-state index in [-0.39, 0.29) is 0 Å². The first kappa shape index (κ1) is 14.5. The molecule has 0 aliphatic heterocycles.